The molecule has 0 spiro atoms. The van der Waals surface area contributed by atoms with Crippen LogP contribution in [0.25, 0.3) is 10.9 Å². The van der Waals surface area contributed by atoms with Gasteiger partial charge in [-0.15, -0.1) is 23.1 Å². The summed E-state index contributed by atoms with van der Waals surface area (Å²) in [7, 11) is 1.60. The molecule has 0 radical (unpaired) electrons. The summed E-state index contributed by atoms with van der Waals surface area (Å²) in [6.07, 6.45) is 3.57. The number of thioether (sulfide) groups is 1. The summed E-state index contributed by atoms with van der Waals surface area (Å²) in [5.41, 5.74) is 1.04. The first-order chi connectivity index (χ1) is 16.9. The lowest BCUT2D eigenvalue weighted by molar-refractivity contribution is -0.141. The minimum absolute atomic E-state index is 0.121. The Hall–Kier alpha value is -1.84. The number of aliphatic hydroxyl groups is 1. The number of aliphatic hydroxyl groups excluding tert-OH is 1. The van der Waals surface area contributed by atoms with Crippen LogP contribution in [-0.2, 0) is 4.79 Å². The molecule has 1 aliphatic rings. The Morgan fingerprint density at radius 3 is 2.83 bits per heavy atom. The molecular weight excluding hydrogens is 504 g/mol. The maximum absolute atomic E-state index is 11.8. The van der Waals surface area contributed by atoms with Gasteiger partial charge in [0.05, 0.1) is 34.4 Å². The van der Waals surface area contributed by atoms with Crippen molar-refractivity contribution in [2.45, 2.75) is 42.4 Å². The first-order valence-corrected chi connectivity index (χ1v) is 14.0. The second kappa shape index (κ2) is 11.9. The van der Waals surface area contributed by atoms with Crippen molar-refractivity contribution >= 4 is 51.6 Å². The lowest BCUT2D eigenvalue weighted by Gasteiger charge is -2.41. The number of hydrogen-bond donors (Lipinski definition) is 2. The smallest absolute Gasteiger partial charge is 0.303 e. The van der Waals surface area contributed by atoms with E-state index in [1.54, 1.807) is 24.6 Å². The Bertz CT molecular complexity index is 1130. The molecule has 35 heavy (non-hydrogen) atoms. The van der Waals surface area contributed by atoms with E-state index in [9.17, 15) is 15.0 Å². The third-order valence-electron chi connectivity index (χ3n) is 6.94. The van der Waals surface area contributed by atoms with E-state index in [-0.39, 0.29) is 11.8 Å². The van der Waals surface area contributed by atoms with Crippen LogP contribution in [0.5, 0.6) is 5.75 Å². The predicted octanol–water partition coefficient (Wildman–Crippen LogP) is 6.12. The summed E-state index contributed by atoms with van der Waals surface area (Å²) in [6.45, 7) is 2.75. The van der Waals surface area contributed by atoms with Gasteiger partial charge in [-0.3, -0.25) is 9.78 Å². The number of piperidine rings is 1. The molecule has 1 fully saturated rings. The minimum atomic E-state index is -0.814. The first-order valence-electron chi connectivity index (χ1n) is 11.8. The Morgan fingerprint density at radius 2 is 2.14 bits per heavy atom. The summed E-state index contributed by atoms with van der Waals surface area (Å²) in [6, 6.07) is 9.73. The molecule has 9 heteroatoms. The Balaban J connectivity index is 1.40. The van der Waals surface area contributed by atoms with Crippen LogP contribution < -0.4 is 4.74 Å². The number of likely N-dealkylation sites (tertiary alicyclic amines) is 1. The average molecular weight is 535 g/mol. The van der Waals surface area contributed by atoms with Crippen molar-refractivity contribution in [1.29, 1.82) is 0 Å². The van der Waals surface area contributed by atoms with Gasteiger partial charge >= 0.3 is 5.97 Å². The number of carbonyl (C=O) groups is 1. The molecular formula is C26H31ClN2O4S2. The van der Waals surface area contributed by atoms with E-state index in [2.05, 4.69) is 27.4 Å². The molecule has 2 N–H and O–H groups in total. The molecule has 0 unspecified atom stereocenters. The number of carboxylic acids is 1. The largest absolute Gasteiger partial charge is 0.497 e. The van der Waals surface area contributed by atoms with Gasteiger partial charge in [-0.25, -0.2) is 0 Å². The minimum Gasteiger partial charge on any atom is -0.497 e. The molecule has 6 nitrogen and oxygen atoms in total. The SMILES string of the molecule is COc1ccc2ncc(Cl)c([C@H](O)CCC3(CC(=O)O)CCN(CCSc4cccs4)CC3)c2c1. The van der Waals surface area contributed by atoms with Crippen molar-refractivity contribution in [1.82, 2.24) is 9.88 Å². The standard InChI is InChI=1S/C26H31ClN2O4S2/c1-33-18-4-5-21-19(15-18)25(20(27)17-28-21)22(30)6-7-26(16-23(31)32)8-10-29(11-9-26)12-14-35-24-3-2-13-34-24/h2-5,13,15,17,22,30H,6-12,14,16H2,1H3,(H,31,32)/t22-/m1/s1. The van der Waals surface area contributed by atoms with Crippen molar-refractivity contribution < 1.29 is 19.7 Å². The lowest BCUT2D eigenvalue weighted by Crippen LogP contribution is -2.42. The Morgan fingerprint density at radius 1 is 1.34 bits per heavy atom. The van der Waals surface area contributed by atoms with E-state index >= 15 is 0 Å². The molecule has 3 heterocycles. The molecule has 1 aliphatic heterocycles. The van der Waals surface area contributed by atoms with E-state index in [0.29, 0.717) is 29.2 Å². The number of hydrogen-bond acceptors (Lipinski definition) is 7. The maximum Gasteiger partial charge on any atom is 0.303 e. The number of nitrogens with zero attached hydrogens (tertiary/aromatic N) is 2. The summed E-state index contributed by atoms with van der Waals surface area (Å²) in [4.78, 5) is 18.5. The summed E-state index contributed by atoms with van der Waals surface area (Å²) < 4.78 is 6.68. The van der Waals surface area contributed by atoms with Gasteiger partial charge in [0.25, 0.3) is 0 Å². The monoisotopic (exact) mass is 534 g/mol. The molecule has 0 amide bonds. The van der Waals surface area contributed by atoms with Crippen molar-refractivity contribution in [2.75, 3.05) is 32.5 Å². The van der Waals surface area contributed by atoms with Crippen LogP contribution in [-0.4, -0.2) is 58.6 Å². The van der Waals surface area contributed by atoms with Crippen LogP contribution in [0.15, 0.2) is 46.1 Å². The molecule has 1 atom stereocenters. The number of thiophene rings is 1. The van der Waals surface area contributed by atoms with Crippen LogP contribution >= 0.6 is 34.7 Å². The van der Waals surface area contributed by atoms with Gasteiger partial charge in [-0.2, -0.15) is 0 Å². The average Bonchev–Trinajstić information content (AvgIpc) is 3.36. The highest BCUT2D eigenvalue weighted by atomic mass is 35.5. The lowest BCUT2D eigenvalue weighted by atomic mass is 9.71. The molecule has 1 aromatic carbocycles. The van der Waals surface area contributed by atoms with Crippen LogP contribution in [0.4, 0.5) is 0 Å². The zero-order chi connectivity index (χ0) is 24.8. The third kappa shape index (κ3) is 6.68. The van der Waals surface area contributed by atoms with Gasteiger partial charge < -0.3 is 19.8 Å². The highest BCUT2D eigenvalue weighted by molar-refractivity contribution is 8.01. The van der Waals surface area contributed by atoms with Crippen molar-refractivity contribution in [3.05, 3.63) is 52.5 Å². The first kappa shape index (κ1) is 26.2. The number of pyridine rings is 1. The second-order valence-electron chi connectivity index (χ2n) is 9.15. The number of benzene rings is 1. The highest BCUT2D eigenvalue weighted by Crippen LogP contribution is 2.43. The number of aliphatic carboxylic acids is 1. The van der Waals surface area contributed by atoms with E-state index in [4.69, 9.17) is 16.3 Å². The van der Waals surface area contributed by atoms with Crippen molar-refractivity contribution in [3.63, 3.8) is 0 Å². The number of ether oxygens (including phenoxy) is 1. The zero-order valence-corrected chi connectivity index (χ0v) is 22.2. The van der Waals surface area contributed by atoms with Gasteiger partial charge in [0.15, 0.2) is 0 Å². The fourth-order valence-corrected chi connectivity index (χ4v) is 7.07. The predicted molar refractivity (Wildman–Crippen MR) is 143 cm³/mol. The fraction of sp³-hybridized carbons (Fsp3) is 0.462. The van der Waals surface area contributed by atoms with E-state index in [1.807, 2.05) is 30.0 Å². The van der Waals surface area contributed by atoms with E-state index in [1.165, 1.54) is 4.21 Å². The Kier molecular flexibility index (Phi) is 8.94. The number of aromatic nitrogens is 1. The maximum atomic E-state index is 11.8. The molecule has 0 bridgehead atoms. The summed E-state index contributed by atoms with van der Waals surface area (Å²) >= 11 is 10.1. The van der Waals surface area contributed by atoms with Gasteiger partial charge in [-0.1, -0.05) is 17.7 Å². The van der Waals surface area contributed by atoms with Gasteiger partial charge in [0, 0.05) is 29.4 Å². The number of fused-ring (bicyclic) bond motifs is 1. The zero-order valence-electron chi connectivity index (χ0n) is 19.8. The Labute approximate surface area is 219 Å². The van der Waals surface area contributed by atoms with Crippen molar-refractivity contribution in [3.8, 4) is 5.75 Å². The van der Waals surface area contributed by atoms with Crippen LogP contribution in [0.2, 0.25) is 5.02 Å². The van der Waals surface area contributed by atoms with E-state index in [0.717, 1.165) is 49.1 Å². The van der Waals surface area contributed by atoms with Gasteiger partial charge in [-0.05, 0) is 73.8 Å². The number of halogens is 1. The molecule has 1 saturated heterocycles. The van der Waals surface area contributed by atoms with Gasteiger partial charge in [0.2, 0.25) is 0 Å². The number of methoxy groups -OCH3 is 1. The van der Waals surface area contributed by atoms with E-state index < -0.39 is 12.1 Å². The molecule has 188 valence electrons. The summed E-state index contributed by atoms with van der Waals surface area (Å²) in [5.74, 6) is 0.919. The molecule has 3 aromatic rings. The number of rotatable bonds is 11. The molecule has 0 aliphatic carbocycles. The second-order valence-corrected chi connectivity index (χ2v) is 11.9. The van der Waals surface area contributed by atoms with Crippen LogP contribution in [0.3, 0.4) is 0 Å². The van der Waals surface area contributed by atoms with Crippen molar-refractivity contribution in [2.24, 2.45) is 5.41 Å². The molecule has 0 saturated carbocycles. The third-order valence-corrected chi connectivity index (χ3v) is 9.35. The quantitative estimate of drug-likeness (QED) is 0.287. The van der Waals surface area contributed by atoms with Gasteiger partial charge in [0.1, 0.15) is 5.75 Å². The summed E-state index contributed by atoms with van der Waals surface area (Å²) in [5, 5.41) is 24.1. The van der Waals surface area contributed by atoms with Crippen LogP contribution in [0, 0.1) is 5.41 Å². The number of carboxylic acid groups (broad SMARTS) is 1. The topological polar surface area (TPSA) is 82.9 Å². The molecule has 4 rings (SSSR count). The van der Waals surface area contributed by atoms with Crippen LogP contribution in [0.1, 0.15) is 43.8 Å². The fourth-order valence-electron chi connectivity index (χ4n) is 4.93. The normalized spacial score (nSPS) is 16.9. The highest BCUT2D eigenvalue weighted by Gasteiger charge is 2.37. The molecule has 2 aromatic heterocycles.